The van der Waals surface area contributed by atoms with Crippen molar-refractivity contribution in [1.82, 2.24) is 4.72 Å². The summed E-state index contributed by atoms with van der Waals surface area (Å²) in [6, 6.07) is 3.39. The molecule has 0 aliphatic heterocycles. The van der Waals surface area contributed by atoms with Gasteiger partial charge in [0.1, 0.15) is 4.21 Å². The van der Waals surface area contributed by atoms with Crippen molar-refractivity contribution in [3.05, 3.63) is 17.0 Å². The number of thiophene rings is 1. The molecule has 5 nitrogen and oxygen atoms in total. The van der Waals surface area contributed by atoms with Crippen LogP contribution in [-0.2, 0) is 14.8 Å². The zero-order valence-corrected chi connectivity index (χ0v) is 12.5. The Hall–Kier alpha value is -0.920. The largest absolute Gasteiger partial charge is 0.481 e. The van der Waals surface area contributed by atoms with Crippen LogP contribution in [0.4, 0.5) is 0 Å². The van der Waals surface area contributed by atoms with Gasteiger partial charge in [-0.2, -0.15) is 0 Å². The Balaban J connectivity index is 2.20. The number of carbonyl (C=O) groups is 1. The number of carboxylic acid groups (broad SMARTS) is 1. The van der Waals surface area contributed by atoms with E-state index in [1.54, 1.807) is 12.1 Å². The number of carboxylic acids is 1. The molecule has 0 unspecified atom stereocenters. The Morgan fingerprint density at radius 1 is 1.26 bits per heavy atom. The van der Waals surface area contributed by atoms with Gasteiger partial charge in [0.2, 0.25) is 10.0 Å². The molecule has 1 heterocycles. The van der Waals surface area contributed by atoms with Gasteiger partial charge in [0, 0.05) is 17.8 Å². The maximum atomic E-state index is 11.8. The number of aryl methyl sites for hydroxylation is 1. The quantitative estimate of drug-likeness (QED) is 0.686. The highest BCUT2D eigenvalue weighted by molar-refractivity contribution is 7.91. The second-order valence-electron chi connectivity index (χ2n) is 4.32. The summed E-state index contributed by atoms with van der Waals surface area (Å²) in [7, 11) is -3.37. The molecule has 0 bridgehead atoms. The standard InChI is InChI=1S/C12H19NO4S2/c1-10-7-8-12(18-10)19(16,17)13-9-5-3-2-4-6-11(14)15/h7-8,13H,2-6,9H2,1H3,(H,14,15). The van der Waals surface area contributed by atoms with Crippen LogP contribution in [0.2, 0.25) is 0 Å². The summed E-state index contributed by atoms with van der Waals surface area (Å²) in [5.41, 5.74) is 0. The first-order valence-electron chi connectivity index (χ1n) is 6.20. The van der Waals surface area contributed by atoms with E-state index < -0.39 is 16.0 Å². The van der Waals surface area contributed by atoms with Crippen molar-refractivity contribution < 1.29 is 18.3 Å². The lowest BCUT2D eigenvalue weighted by Crippen LogP contribution is -2.23. The lowest BCUT2D eigenvalue weighted by atomic mass is 10.1. The van der Waals surface area contributed by atoms with Gasteiger partial charge in [-0.1, -0.05) is 12.8 Å². The van der Waals surface area contributed by atoms with E-state index in [-0.39, 0.29) is 6.42 Å². The highest BCUT2D eigenvalue weighted by atomic mass is 32.2. The summed E-state index contributed by atoms with van der Waals surface area (Å²) < 4.78 is 26.6. The monoisotopic (exact) mass is 305 g/mol. The molecule has 0 aliphatic rings. The molecule has 7 heteroatoms. The third-order valence-corrected chi connectivity index (χ3v) is 5.54. The van der Waals surface area contributed by atoms with Crippen LogP contribution in [-0.4, -0.2) is 26.0 Å². The fourth-order valence-electron chi connectivity index (χ4n) is 1.59. The van der Waals surface area contributed by atoms with Gasteiger partial charge >= 0.3 is 5.97 Å². The van der Waals surface area contributed by atoms with Gasteiger partial charge in [0.15, 0.2) is 0 Å². The molecule has 0 aromatic carbocycles. The summed E-state index contributed by atoms with van der Waals surface area (Å²) in [4.78, 5) is 11.3. The van der Waals surface area contributed by atoms with Crippen LogP contribution in [0, 0.1) is 6.92 Å². The number of hydrogen-bond donors (Lipinski definition) is 2. The highest BCUT2D eigenvalue weighted by Gasteiger charge is 2.14. The van der Waals surface area contributed by atoms with Crippen LogP contribution in [0.5, 0.6) is 0 Å². The Bertz CT molecular complexity index is 508. The number of hydrogen-bond acceptors (Lipinski definition) is 4. The van der Waals surface area contributed by atoms with Crippen molar-refractivity contribution in [2.45, 2.75) is 43.2 Å². The summed E-state index contributed by atoms with van der Waals surface area (Å²) in [5, 5.41) is 8.46. The summed E-state index contributed by atoms with van der Waals surface area (Å²) in [6.07, 6.45) is 3.20. The number of rotatable bonds is 9. The van der Waals surface area contributed by atoms with Gasteiger partial charge in [-0.3, -0.25) is 4.79 Å². The molecule has 2 N–H and O–H groups in total. The van der Waals surface area contributed by atoms with Gasteiger partial charge in [-0.15, -0.1) is 11.3 Å². The molecule has 1 aromatic rings. The smallest absolute Gasteiger partial charge is 0.303 e. The van der Waals surface area contributed by atoms with Gasteiger partial charge in [-0.25, -0.2) is 13.1 Å². The molecule has 0 atom stereocenters. The third-order valence-electron chi connectivity index (χ3n) is 2.59. The molecular formula is C12H19NO4S2. The molecule has 0 radical (unpaired) electrons. The van der Waals surface area contributed by atoms with Crippen molar-refractivity contribution in [2.24, 2.45) is 0 Å². The van der Waals surface area contributed by atoms with Crippen LogP contribution in [0.25, 0.3) is 0 Å². The minimum absolute atomic E-state index is 0.181. The first-order chi connectivity index (χ1) is 8.92. The highest BCUT2D eigenvalue weighted by Crippen LogP contribution is 2.20. The van der Waals surface area contributed by atoms with Crippen molar-refractivity contribution in [2.75, 3.05) is 6.54 Å². The van der Waals surface area contributed by atoms with Crippen molar-refractivity contribution >= 4 is 27.3 Å². The fraction of sp³-hybridized carbons (Fsp3) is 0.583. The predicted molar refractivity (Wildman–Crippen MR) is 75.0 cm³/mol. The van der Waals surface area contributed by atoms with E-state index in [2.05, 4.69) is 4.72 Å². The Morgan fingerprint density at radius 2 is 1.95 bits per heavy atom. The van der Waals surface area contributed by atoms with Crippen LogP contribution in [0.15, 0.2) is 16.3 Å². The number of aliphatic carboxylic acids is 1. The molecule has 1 aromatic heterocycles. The minimum Gasteiger partial charge on any atom is -0.481 e. The third kappa shape index (κ3) is 6.17. The Kier molecular flexibility index (Phi) is 6.47. The van der Waals surface area contributed by atoms with E-state index >= 15 is 0 Å². The number of sulfonamides is 1. The zero-order valence-electron chi connectivity index (χ0n) is 10.9. The summed E-state index contributed by atoms with van der Waals surface area (Å²) >= 11 is 1.25. The average molecular weight is 305 g/mol. The summed E-state index contributed by atoms with van der Waals surface area (Å²) in [5.74, 6) is -0.784. The average Bonchev–Trinajstić information content (AvgIpc) is 2.75. The van der Waals surface area contributed by atoms with E-state index in [1.165, 1.54) is 11.3 Å². The first kappa shape index (κ1) is 16.1. The molecular weight excluding hydrogens is 286 g/mol. The second-order valence-corrected chi connectivity index (χ2v) is 7.60. The summed E-state index contributed by atoms with van der Waals surface area (Å²) in [6.45, 7) is 2.26. The van der Waals surface area contributed by atoms with Crippen LogP contribution >= 0.6 is 11.3 Å². The molecule has 0 saturated heterocycles. The van der Waals surface area contributed by atoms with Crippen molar-refractivity contribution in [3.8, 4) is 0 Å². The Labute approximate surface area is 117 Å². The van der Waals surface area contributed by atoms with E-state index in [4.69, 9.17) is 5.11 Å². The molecule has 0 fully saturated rings. The first-order valence-corrected chi connectivity index (χ1v) is 8.50. The lowest BCUT2D eigenvalue weighted by molar-refractivity contribution is -0.137. The molecule has 19 heavy (non-hydrogen) atoms. The second kappa shape index (κ2) is 7.62. The van der Waals surface area contributed by atoms with Gasteiger partial charge in [-0.05, 0) is 31.9 Å². The molecule has 108 valence electrons. The van der Waals surface area contributed by atoms with Gasteiger partial charge < -0.3 is 5.11 Å². The topological polar surface area (TPSA) is 83.5 Å². The number of nitrogens with one attached hydrogen (secondary N) is 1. The minimum atomic E-state index is -3.37. The molecule has 0 aliphatic carbocycles. The van der Waals surface area contributed by atoms with Crippen LogP contribution in [0.1, 0.15) is 37.0 Å². The maximum Gasteiger partial charge on any atom is 0.303 e. The zero-order chi connectivity index (χ0) is 14.3. The Morgan fingerprint density at radius 3 is 2.53 bits per heavy atom. The van der Waals surface area contributed by atoms with Crippen molar-refractivity contribution in [3.63, 3.8) is 0 Å². The van der Waals surface area contributed by atoms with E-state index in [9.17, 15) is 13.2 Å². The maximum absolute atomic E-state index is 11.8. The normalized spacial score (nSPS) is 11.6. The van der Waals surface area contributed by atoms with Crippen molar-refractivity contribution in [1.29, 1.82) is 0 Å². The van der Waals surface area contributed by atoms with E-state index in [0.29, 0.717) is 17.2 Å². The SMILES string of the molecule is Cc1ccc(S(=O)(=O)NCCCCCCC(=O)O)s1. The molecule has 0 saturated carbocycles. The van der Waals surface area contributed by atoms with E-state index in [0.717, 1.165) is 24.1 Å². The van der Waals surface area contributed by atoms with Crippen LogP contribution in [0.3, 0.4) is 0 Å². The molecule has 0 spiro atoms. The van der Waals surface area contributed by atoms with Crippen LogP contribution < -0.4 is 4.72 Å². The van der Waals surface area contributed by atoms with Gasteiger partial charge in [0.05, 0.1) is 0 Å². The lowest BCUT2D eigenvalue weighted by Gasteiger charge is -2.04. The van der Waals surface area contributed by atoms with E-state index in [1.807, 2.05) is 6.92 Å². The fourth-order valence-corrected chi connectivity index (χ4v) is 3.99. The molecule has 0 amide bonds. The van der Waals surface area contributed by atoms with Gasteiger partial charge in [0.25, 0.3) is 0 Å². The predicted octanol–water partition coefficient (Wildman–Crippen LogP) is 2.37. The molecule has 1 rings (SSSR count). The number of unbranched alkanes of at least 4 members (excludes halogenated alkanes) is 3.